The van der Waals surface area contributed by atoms with Crippen LogP contribution in [0.1, 0.15) is 66.7 Å². The van der Waals surface area contributed by atoms with E-state index in [9.17, 15) is 9.59 Å². The number of carbonyl (C=O) groups is 2. The van der Waals surface area contributed by atoms with Crippen molar-refractivity contribution < 1.29 is 9.59 Å². The lowest BCUT2D eigenvalue weighted by molar-refractivity contribution is -0.123. The van der Waals surface area contributed by atoms with Gasteiger partial charge in [0.15, 0.2) is 5.82 Å². The van der Waals surface area contributed by atoms with Crippen LogP contribution in [0.15, 0.2) is 24.3 Å². The van der Waals surface area contributed by atoms with Gasteiger partial charge in [-0.3, -0.25) is 9.59 Å². The fourth-order valence-electron chi connectivity index (χ4n) is 3.84. The number of carbonyl (C=O) groups excluding carboxylic acids is 2. The molecular formula is C25H31N5O2S. The van der Waals surface area contributed by atoms with E-state index in [1.54, 1.807) is 0 Å². The first kappa shape index (κ1) is 23.2. The molecule has 174 valence electrons. The molecule has 2 aromatic heterocycles. The van der Waals surface area contributed by atoms with Gasteiger partial charge in [-0.2, -0.15) is 0 Å². The number of anilines is 2. The highest BCUT2D eigenvalue weighted by atomic mass is 32.1. The number of aromatic nitrogens is 3. The number of benzene rings is 1. The maximum atomic E-state index is 13.1. The molecule has 0 spiro atoms. The van der Waals surface area contributed by atoms with E-state index in [1.807, 2.05) is 58.9 Å². The maximum absolute atomic E-state index is 13.1. The first-order chi connectivity index (χ1) is 15.6. The summed E-state index contributed by atoms with van der Waals surface area (Å²) in [6.07, 6.45) is 4.43. The number of nitrogens with one attached hydrogen (secondary N) is 2. The number of hydrogen-bond acceptors (Lipinski definition) is 5. The Kier molecular flexibility index (Phi) is 6.38. The highest BCUT2D eigenvalue weighted by Crippen LogP contribution is 2.31. The summed E-state index contributed by atoms with van der Waals surface area (Å²) >= 11 is 1.29. The number of thiophene rings is 1. The second kappa shape index (κ2) is 9.09. The van der Waals surface area contributed by atoms with E-state index in [-0.39, 0.29) is 11.8 Å². The lowest BCUT2D eigenvalue weighted by atomic mass is 9.96. The average molecular weight is 466 g/mol. The van der Waals surface area contributed by atoms with Gasteiger partial charge >= 0.3 is 0 Å². The van der Waals surface area contributed by atoms with Crippen LogP contribution < -0.4 is 10.6 Å². The van der Waals surface area contributed by atoms with Crippen molar-refractivity contribution in [1.82, 2.24) is 14.8 Å². The molecule has 0 atom stereocenters. The van der Waals surface area contributed by atoms with Crippen LogP contribution in [0, 0.1) is 19.3 Å². The number of amides is 2. The summed E-state index contributed by atoms with van der Waals surface area (Å²) in [6, 6.07) is 7.85. The average Bonchev–Trinajstić information content (AvgIpc) is 3.23. The Balaban J connectivity index is 1.56. The number of aryl methyl sites for hydroxylation is 3. The molecule has 4 rings (SSSR count). The number of rotatable bonds is 4. The molecule has 1 aliphatic heterocycles. The van der Waals surface area contributed by atoms with Crippen molar-refractivity contribution in [2.45, 2.75) is 66.8 Å². The molecule has 1 aromatic carbocycles. The van der Waals surface area contributed by atoms with E-state index in [4.69, 9.17) is 0 Å². The molecule has 8 heteroatoms. The van der Waals surface area contributed by atoms with Crippen LogP contribution in [0.5, 0.6) is 0 Å². The van der Waals surface area contributed by atoms with E-state index < -0.39 is 5.41 Å². The normalized spacial score (nSPS) is 13.8. The molecule has 7 nitrogen and oxygen atoms in total. The Morgan fingerprint density at radius 1 is 1.00 bits per heavy atom. The molecule has 0 bridgehead atoms. The molecule has 2 amide bonds. The highest BCUT2D eigenvalue weighted by molar-refractivity contribution is 7.18. The van der Waals surface area contributed by atoms with E-state index in [0.29, 0.717) is 9.88 Å². The summed E-state index contributed by atoms with van der Waals surface area (Å²) in [6.45, 7) is 10.4. The molecule has 2 N–H and O–H groups in total. The third kappa shape index (κ3) is 5.00. The lowest BCUT2D eigenvalue weighted by Gasteiger charge is -2.16. The number of fused-ring (bicyclic) bond motifs is 1. The summed E-state index contributed by atoms with van der Waals surface area (Å²) in [5, 5.41) is 15.5. The van der Waals surface area contributed by atoms with Crippen LogP contribution in [-0.2, 0) is 17.8 Å². The largest absolute Gasteiger partial charge is 0.321 e. The Morgan fingerprint density at radius 3 is 2.55 bits per heavy atom. The Morgan fingerprint density at radius 2 is 1.79 bits per heavy atom. The van der Waals surface area contributed by atoms with Gasteiger partial charge in [-0.25, -0.2) is 0 Å². The van der Waals surface area contributed by atoms with Gasteiger partial charge in [0.1, 0.15) is 5.82 Å². The van der Waals surface area contributed by atoms with Gasteiger partial charge in [0.05, 0.1) is 9.88 Å². The molecule has 1 aliphatic rings. The second-order valence-electron chi connectivity index (χ2n) is 9.71. The fraction of sp³-hybridized carbons (Fsp3) is 0.440. The Labute approximate surface area is 198 Å². The Hall–Kier alpha value is -3.00. The summed E-state index contributed by atoms with van der Waals surface area (Å²) in [4.78, 5) is 26.0. The first-order valence-corrected chi connectivity index (χ1v) is 12.2. The monoisotopic (exact) mass is 465 g/mol. The zero-order valence-corrected chi connectivity index (χ0v) is 20.7. The molecule has 0 unspecified atom stereocenters. The van der Waals surface area contributed by atoms with Gasteiger partial charge < -0.3 is 15.2 Å². The Bertz CT molecular complexity index is 1200. The van der Waals surface area contributed by atoms with Gasteiger partial charge in [0.25, 0.3) is 5.91 Å². The third-order valence-electron chi connectivity index (χ3n) is 5.90. The standard InChI is InChI=1S/C25H31N5O2S/c1-15-10-11-17(22-29-28-19-9-7-6-8-12-30(19)22)14-18(15)26-23(31)21-16(2)13-20(33-21)27-24(32)25(3,4)5/h10-11,13-14H,6-9,12H2,1-5H3,(H,26,31)(H,27,32). The molecule has 3 aromatic rings. The van der Waals surface area contributed by atoms with Crippen LogP contribution in [0.3, 0.4) is 0 Å². The van der Waals surface area contributed by atoms with Gasteiger partial charge in [-0.15, -0.1) is 21.5 Å². The van der Waals surface area contributed by atoms with Crippen LogP contribution in [0.25, 0.3) is 11.4 Å². The van der Waals surface area contributed by atoms with Crippen molar-refractivity contribution in [1.29, 1.82) is 0 Å². The van der Waals surface area contributed by atoms with Gasteiger partial charge in [-0.05, 0) is 49.9 Å². The molecule has 0 aliphatic carbocycles. The molecule has 33 heavy (non-hydrogen) atoms. The minimum atomic E-state index is -0.502. The molecule has 3 heterocycles. The molecule has 0 fully saturated rings. The summed E-state index contributed by atoms with van der Waals surface area (Å²) in [5.41, 5.74) is 2.99. The van der Waals surface area contributed by atoms with Crippen LogP contribution >= 0.6 is 11.3 Å². The SMILES string of the molecule is Cc1ccc(-c2nnc3n2CCCCC3)cc1NC(=O)c1sc(NC(=O)C(C)(C)C)cc1C. The summed E-state index contributed by atoms with van der Waals surface area (Å²) < 4.78 is 2.21. The van der Waals surface area contributed by atoms with E-state index >= 15 is 0 Å². The van der Waals surface area contributed by atoms with E-state index in [2.05, 4.69) is 25.4 Å². The van der Waals surface area contributed by atoms with Crippen molar-refractivity contribution in [3.8, 4) is 11.4 Å². The van der Waals surface area contributed by atoms with Crippen molar-refractivity contribution in [3.63, 3.8) is 0 Å². The second-order valence-corrected chi connectivity index (χ2v) is 10.8. The van der Waals surface area contributed by atoms with E-state index in [0.717, 1.165) is 59.8 Å². The molecule has 0 saturated heterocycles. The van der Waals surface area contributed by atoms with Gasteiger partial charge in [0, 0.05) is 29.6 Å². The predicted molar refractivity (Wildman–Crippen MR) is 133 cm³/mol. The zero-order chi connectivity index (χ0) is 23.8. The molecule has 0 radical (unpaired) electrons. The van der Waals surface area contributed by atoms with Gasteiger partial charge in [0.2, 0.25) is 5.91 Å². The van der Waals surface area contributed by atoms with Crippen molar-refractivity contribution in [3.05, 3.63) is 46.1 Å². The van der Waals surface area contributed by atoms with Crippen LogP contribution in [0.2, 0.25) is 0 Å². The van der Waals surface area contributed by atoms with E-state index in [1.165, 1.54) is 17.8 Å². The maximum Gasteiger partial charge on any atom is 0.266 e. The predicted octanol–water partition coefficient (Wildman–Crippen LogP) is 5.59. The third-order valence-corrected chi connectivity index (χ3v) is 7.05. The number of hydrogen-bond donors (Lipinski definition) is 2. The zero-order valence-electron chi connectivity index (χ0n) is 19.9. The van der Waals surface area contributed by atoms with Crippen LogP contribution in [-0.4, -0.2) is 26.6 Å². The summed E-state index contributed by atoms with van der Waals surface area (Å²) in [5.74, 6) is 1.62. The highest BCUT2D eigenvalue weighted by Gasteiger charge is 2.23. The molecular weight excluding hydrogens is 434 g/mol. The minimum absolute atomic E-state index is 0.0771. The quantitative estimate of drug-likeness (QED) is 0.526. The van der Waals surface area contributed by atoms with Crippen molar-refractivity contribution in [2.24, 2.45) is 5.41 Å². The minimum Gasteiger partial charge on any atom is -0.321 e. The lowest BCUT2D eigenvalue weighted by Crippen LogP contribution is -2.27. The summed E-state index contributed by atoms with van der Waals surface area (Å²) in [7, 11) is 0. The smallest absolute Gasteiger partial charge is 0.266 e. The van der Waals surface area contributed by atoms with Crippen molar-refractivity contribution in [2.75, 3.05) is 10.6 Å². The fourth-order valence-corrected chi connectivity index (χ4v) is 4.80. The number of nitrogens with zero attached hydrogens (tertiary/aromatic N) is 3. The molecule has 0 saturated carbocycles. The van der Waals surface area contributed by atoms with Gasteiger partial charge in [-0.1, -0.05) is 39.3 Å². The van der Waals surface area contributed by atoms with Crippen molar-refractivity contribution >= 4 is 33.8 Å². The first-order valence-electron chi connectivity index (χ1n) is 11.4. The van der Waals surface area contributed by atoms with Crippen LogP contribution in [0.4, 0.5) is 10.7 Å². The topological polar surface area (TPSA) is 88.9 Å².